The maximum atomic E-state index is 13.0. The number of amides is 2. The quantitative estimate of drug-likeness (QED) is 0.826. The lowest BCUT2D eigenvalue weighted by Crippen LogP contribution is -2.39. The first kappa shape index (κ1) is 19.7. The van der Waals surface area contributed by atoms with Crippen LogP contribution in [0.5, 0.6) is 0 Å². The Bertz CT molecular complexity index is 917. The largest absolute Gasteiger partial charge is 0.351 e. The van der Waals surface area contributed by atoms with Crippen molar-refractivity contribution in [2.75, 3.05) is 6.54 Å². The average Bonchev–Trinajstić information content (AvgIpc) is 2.91. The second kappa shape index (κ2) is 8.33. The molecule has 2 aromatic rings. The molecule has 3 rings (SSSR count). The molecule has 28 heavy (non-hydrogen) atoms. The van der Waals surface area contributed by atoms with Gasteiger partial charge in [0.05, 0.1) is 12.2 Å². The fourth-order valence-corrected chi connectivity index (χ4v) is 3.23. The lowest BCUT2D eigenvalue weighted by atomic mass is 10.1. The zero-order chi connectivity index (χ0) is 20.3. The molecule has 7 nitrogen and oxygen atoms in total. The van der Waals surface area contributed by atoms with Crippen LogP contribution in [0.2, 0.25) is 0 Å². The third kappa shape index (κ3) is 4.44. The first-order valence-electron chi connectivity index (χ1n) is 9.24. The Labute approximate surface area is 163 Å². The maximum absolute atomic E-state index is 13.0. The van der Waals surface area contributed by atoms with Crippen LogP contribution in [-0.2, 0) is 29.6 Å². The predicted molar refractivity (Wildman–Crippen MR) is 103 cm³/mol. The number of aryl methyl sites for hydroxylation is 2. The van der Waals surface area contributed by atoms with Crippen molar-refractivity contribution in [2.24, 2.45) is 12.1 Å². The summed E-state index contributed by atoms with van der Waals surface area (Å²) in [6.07, 6.45) is 1.23. The third-order valence-electron chi connectivity index (χ3n) is 4.93. The van der Waals surface area contributed by atoms with E-state index in [1.165, 1.54) is 17.1 Å². The fraction of sp³-hybridized carbons (Fsp3) is 0.400. The second-order valence-corrected chi connectivity index (χ2v) is 6.90. The fourth-order valence-electron chi connectivity index (χ4n) is 3.23. The number of hydrogen-bond acceptors (Lipinski definition) is 4. The summed E-state index contributed by atoms with van der Waals surface area (Å²) in [5.74, 6) is -0.755. The van der Waals surface area contributed by atoms with Crippen LogP contribution in [-0.4, -0.2) is 38.9 Å². The molecule has 0 fully saturated rings. The van der Waals surface area contributed by atoms with Gasteiger partial charge in [-0.05, 0) is 43.5 Å². The van der Waals surface area contributed by atoms with E-state index in [4.69, 9.17) is 0 Å². The molecule has 0 radical (unpaired) electrons. The summed E-state index contributed by atoms with van der Waals surface area (Å²) in [5, 5.41) is 12.8. The van der Waals surface area contributed by atoms with Crippen LogP contribution in [0, 0.1) is 19.7 Å². The van der Waals surface area contributed by atoms with Gasteiger partial charge in [0.2, 0.25) is 5.91 Å². The minimum atomic E-state index is -0.337. The second-order valence-electron chi connectivity index (χ2n) is 6.90. The molecule has 0 atom stereocenters. The van der Waals surface area contributed by atoms with E-state index in [1.54, 1.807) is 12.1 Å². The number of hydrazone groups is 1. The van der Waals surface area contributed by atoms with Gasteiger partial charge in [0, 0.05) is 32.1 Å². The Morgan fingerprint density at radius 1 is 1.21 bits per heavy atom. The van der Waals surface area contributed by atoms with E-state index in [9.17, 15) is 14.0 Å². The summed E-state index contributed by atoms with van der Waals surface area (Å²) in [5.41, 5.74) is 4.25. The minimum absolute atomic E-state index is 0.150. The number of hydrogen-bond donors (Lipinski definition) is 1. The number of aromatic nitrogens is 2. The smallest absolute Gasteiger partial charge is 0.267 e. The van der Waals surface area contributed by atoms with E-state index in [2.05, 4.69) is 15.5 Å². The van der Waals surface area contributed by atoms with Crippen LogP contribution >= 0.6 is 0 Å². The number of carbonyl (C=O) groups excluding carboxylic acids is 2. The molecule has 1 aromatic carbocycles. The highest BCUT2D eigenvalue weighted by Crippen LogP contribution is 2.15. The van der Waals surface area contributed by atoms with Crippen molar-refractivity contribution in [3.63, 3.8) is 0 Å². The standard InChI is InChI=1S/C20H24FN5O2/c1-13-17(14(2)25(3)23-13)10-11-22-20(28)18-8-9-19(27)26(24-18)12-15-4-6-16(21)7-5-15/h4-7H,8-12H2,1-3H3,(H,22,28). The van der Waals surface area contributed by atoms with Crippen LogP contribution in [0.15, 0.2) is 29.4 Å². The van der Waals surface area contributed by atoms with Gasteiger partial charge in [0.1, 0.15) is 11.5 Å². The molecule has 1 aliphatic rings. The van der Waals surface area contributed by atoms with Crippen LogP contribution in [0.3, 0.4) is 0 Å². The zero-order valence-corrected chi connectivity index (χ0v) is 16.3. The van der Waals surface area contributed by atoms with Gasteiger partial charge in [-0.15, -0.1) is 0 Å². The zero-order valence-electron chi connectivity index (χ0n) is 16.3. The number of nitrogens with zero attached hydrogens (tertiary/aromatic N) is 4. The molecule has 0 bridgehead atoms. The highest BCUT2D eigenvalue weighted by Gasteiger charge is 2.24. The van der Waals surface area contributed by atoms with E-state index in [0.717, 1.165) is 22.5 Å². The molecule has 148 valence electrons. The summed E-state index contributed by atoms with van der Waals surface area (Å²) in [4.78, 5) is 24.6. The first-order valence-corrected chi connectivity index (χ1v) is 9.24. The highest BCUT2D eigenvalue weighted by atomic mass is 19.1. The average molecular weight is 385 g/mol. The van der Waals surface area contributed by atoms with Crippen LogP contribution < -0.4 is 5.32 Å². The van der Waals surface area contributed by atoms with Gasteiger partial charge in [-0.2, -0.15) is 10.2 Å². The summed E-state index contributed by atoms with van der Waals surface area (Å²) in [6, 6.07) is 5.88. The van der Waals surface area contributed by atoms with Gasteiger partial charge in [0.25, 0.3) is 5.91 Å². The SMILES string of the molecule is Cc1nn(C)c(C)c1CCNC(=O)C1=NN(Cc2ccc(F)cc2)C(=O)CC1. The lowest BCUT2D eigenvalue weighted by molar-refractivity contribution is -0.132. The Hall–Kier alpha value is -3.03. The van der Waals surface area contributed by atoms with E-state index >= 15 is 0 Å². The van der Waals surface area contributed by atoms with Crippen molar-refractivity contribution < 1.29 is 14.0 Å². The Morgan fingerprint density at radius 3 is 2.57 bits per heavy atom. The van der Waals surface area contributed by atoms with Gasteiger partial charge in [-0.3, -0.25) is 14.3 Å². The minimum Gasteiger partial charge on any atom is -0.351 e. The number of nitrogens with one attached hydrogen (secondary N) is 1. The maximum Gasteiger partial charge on any atom is 0.267 e. The molecule has 2 amide bonds. The molecule has 2 heterocycles. The molecule has 1 aliphatic heterocycles. The summed E-state index contributed by atoms with van der Waals surface area (Å²) < 4.78 is 14.9. The van der Waals surface area contributed by atoms with Crippen molar-refractivity contribution in [1.29, 1.82) is 0 Å². The van der Waals surface area contributed by atoms with Crippen molar-refractivity contribution in [2.45, 2.75) is 39.7 Å². The normalized spacial score (nSPS) is 14.2. The molecule has 1 aromatic heterocycles. The molecular weight excluding hydrogens is 361 g/mol. The number of halogens is 1. The summed E-state index contributed by atoms with van der Waals surface area (Å²) in [6.45, 7) is 4.64. The lowest BCUT2D eigenvalue weighted by Gasteiger charge is -2.23. The topological polar surface area (TPSA) is 79.6 Å². The molecule has 0 unspecified atom stereocenters. The van der Waals surface area contributed by atoms with E-state index in [0.29, 0.717) is 25.1 Å². The van der Waals surface area contributed by atoms with Crippen LogP contribution in [0.4, 0.5) is 4.39 Å². The van der Waals surface area contributed by atoms with Crippen LogP contribution in [0.25, 0.3) is 0 Å². The van der Waals surface area contributed by atoms with Gasteiger partial charge in [-0.1, -0.05) is 12.1 Å². The van der Waals surface area contributed by atoms with Crippen LogP contribution in [0.1, 0.15) is 35.4 Å². The summed E-state index contributed by atoms with van der Waals surface area (Å²) >= 11 is 0. The first-order chi connectivity index (χ1) is 13.3. The molecule has 0 saturated carbocycles. The van der Waals surface area contributed by atoms with Crippen molar-refractivity contribution in [1.82, 2.24) is 20.1 Å². The predicted octanol–water partition coefficient (Wildman–Crippen LogP) is 2.01. The number of benzene rings is 1. The number of rotatable bonds is 6. The van der Waals surface area contributed by atoms with Gasteiger partial charge in [0.15, 0.2) is 0 Å². The van der Waals surface area contributed by atoms with Gasteiger partial charge >= 0.3 is 0 Å². The molecule has 0 aliphatic carbocycles. The van der Waals surface area contributed by atoms with Crippen molar-refractivity contribution in [3.05, 3.63) is 52.6 Å². The Kier molecular flexibility index (Phi) is 5.87. The van der Waals surface area contributed by atoms with Gasteiger partial charge < -0.3 is 5.32 Å². The molecule has 1 N–H and O–H groups in total. The third-order valence-corrected chi connectivity index (χ3v) is 4.93. The van der Waals surface area contributed by atoms with Gasteiger partial charge in [-0.25, -0.2) is 9.40 Å². The monoisotopic (exact) mass is 385 g/mol. The molecular formula is C20H24FN5O2. The Balaban J connectivity index is 1.60. The number of carbonyl (C=O) groups is 2. The Morgan fingerprint density at radius 2 is 1.93 bits per heavy atom. The van der Waals surface area contributed by atoms with E-state index < -0.39 is 0 Å². The summed E-state index contributed by atoms with van der Waals surface area (Å²) in [7, 11) is 1.90. The molecule has 0 spiro atoms. The van der Waals surface area contributed by atoms with Crippen molar-refractivity contribution >= 4 is 17.5 Å². The highest BCUT2D eigenvalue weighted by molar-refractivity contribution is 6.39. The molecule has 8 heteroatoms. The van der Waals surface area contributed by atoms with E-state index in [-0.39, 0.29) is 30.6 Å². The van der Waals surface area contributed by atoms with Crippen molar-refractivity contribution in [3.8, 4) is 0 Å². The van der Waals surface area contributed by atoms with E-state index in [1.807, 2.05) is 25.6 Å². The molecule has 0 saturated heterocycles.